The maximum atomic E-state index is 6.31. The molecule has 1 aromatic heterocycles. The van der Waals surface area contributed by atoms with Crippen LogP contribution in [0.25, 0.3) is 33.1 Å². The number of furan rings is 1. The summed E-state index contributed by atoms with van der Waals surface area (Å²) in [4.78, 5) is 0. The lowest BCUT2D eigenvalue weighted by molar-refractivity contribution is 0.667. The summed E-state index contributed by atoms with van der Waals surface area (Å²) in [6.45, 7) is 0. The Morgan fingerprint density at radius 1 is 0.438 bits per heavy atom. The molecule has 5 aromatic carbocycles. The maximum Gasteiger partial charge on any atom is 0.135 e. The van der Waals surface area contributed by atoms with Crippen molar-refractivity contribution in [3.63, 3.8) is 0 Å². The molecule has 0 N–H and O–H groups in total. The van der Waals surface area contributed by atoms with Crippen LogP contribution < -0.4 is 0 Å². The van der Waals surface area contributed by atoms with E-state index >= 15 is 0 Å². The van der Waals surface area contributed by atoms with Gasteiger partial charge >= 0.3 is 0 Å². The van der Waals surface area contributed by atoms with Crippen LogP contribution in [0.3, 0.4) is 0 Å². The van der Waals surface area contributed by atoms with E-state index in [9.17, 15) is 0 Å². The van der Waals surface area contributed by atoms with E-state index in [0.717, 1.165) is 16.6 Å². The van der Waals surface area contributed by atoms with Crippen molar-refractivity contribution >= 4 is 21.9 Å². The van der Waals surface area contributed by atoms with E-state index in [-0.39, 0.29) is 0 Å². The second kappa shape index (κ2) is 6.45. The smallest absolute Gasteiger partial charge is 0.135 e. The van der Waals surface area contributed by atoms with Crippen LogP contribution in [0.4, 0.5) is 0 Å². The minimum Gasteiger partial charge on any atom is -0.456 e. The summed E-state index contributed by atoms with van der Waals surface area (Å²) >= 11 is 0. The van der Waals surface area contributed by atoms with Gasteiger partial charge in [-0.1, -0.05) is 109 Å². The SMILES string of the molecule is c1ccc(C2(c3cccc4oc5ccccc5c34)c3ccccc3-c3ccccc32)cc1. The van der Waals surface area contributed by atoms with Crippen LogP contribution in [0.15, 0.2) is 126 Å². The summed E-state index contributed by atoms with van der Waals surface area (Å²) < 4.78 is 6.31. The van der Waals surface area contributed by atoms with Crippen molar-refractivity contribution in [2.75, 3.05) is 0 Å². The van der Waals surface area contributed by atoms with E-state index in [2.05, 4.69) is 115 Å². The van der Waals surface area contributed by atoms with Crippen LogP contribution in [0.1, 0.15) is 22.3 Å². The monoisotopic (exact) mass is 408 g/mol. The number of hydrogen-bond donors (Lipinski definition) is 0. The van der Waals surface area contributed by atoms with Crippen LogP contribution >= 0.6 is 0 Å². The van der Waals surface area contributed by atoms with Crippen LogP contribution in [-0.4, -0.2) is 0 Å². The maximum absolute atomic E-state index is 6.31. The van der Waals surface area contributed by atoms with Gasteiger partial charge in [-0.15, -0.1) is 0 Å². The fourth-order valence-corrected chi connectivity index (χ4v) is 5.77. The van der Waals surface area contributed by atoms with Gasteiger partial charge in [-0.25, -0.2) is 0 Å². The zero-order valence-corrected chi connectivity index (χ0v) is 17.5. The summed E-state index contributed by atoms with van der Waals surface area (Å²) in [7, 11) is 0. The Bertz CT molecular complexity index is 1580. The predicted molar refractivity (Wildman–Crippen MR) is 131 cm³/mol. The second-order valence-electron chi connectivity index (χ2n) is 8.48. The van der Waals surface area contributed by atoms with E-state index in [0.29, 0.717) is 0 Å². The Hall–Kier alpha value is -4.10. The molecule has 1 heteroatoms. The zero-order valence-electron chi connectivity index (χ0n) is 17.5. The zero-order chi connectivity index (χ0) is 21.1. The molecule has 0 unspecified atom stereocenters. The van der Waals surface area contributed by atoms with E-state index in [1.54, 1.807) is 0 Å². The van der Waals surface area contributed by atoms with Crippen molar-refractivity contribution in [3.8, 4) is 11.1 Å². The Kier molecular flexibility index (Phi) is 3.54. The van der Waals surface area contributed by atoms with Gasteiger partial charge in [0.2, 0.25) is 0 Å². The molecule has 1 nitrogen and oxygen atoms in total. The molecule has 0 saturated heterocycles. The first kappa shape index (κ1) is 17.6. The third-order valence-corrected chi connectivity index (χ3v) is 6.97. The molecule has 150 valence electrons. The Morgan fingerprint density at radius 2 is 1.00 bits per heavy atom. The first-order valence-corrected chi connectivity index (χ1v) is 11.0. The number of hydrogen-bond acceptors (Lipinski definition) is 1. The summed E-state index contributed by atoms with van der Waals surface area (Å²) in [6, 6.07) is 43.5. The van der Waals surface area contributed by atoms with Crippen molar-refractivity contribution in [3.05, 3.63) is 144 Å². The summed E-state index contributed by atoms with van der Waals surface area (Å²) in [5.74, 6) is 0. The van der Waals surface area contributed by atoms with Crippen LogP contribution in [0, 0.1) is 0 Å². The molecule has 6 aromatic rings. The number of fused-ring (bicyclic) bond motifs is 6. The van der Waals surface area contributed by atoms with E-state index < -0.39 is 5.41 Å². The molecule has 0 saturated carbocycles. The Labute approximate surface area is 186 Å². The van der Waals surface area contributed by atoms with Gasteiger partial charge in [-0.3, -0.25) is 0 Å². The third-order valence-electron chi connectivity index (χ3n) is 6.97. The van der Waals surface area contributed by atoms with Gasteiger partial charge in [0.05, 0.1) is 5.41 Å². The van der Waals surface area contributed by atoms with Crippen LogP contribution in [0.5, 0.6) is 0 Å². The molecular formula is C31H20O. The highest BCUT2D eigenvalue weighted by molar-refractivity contribution is 6.08. The minimum absolute atomic E-state index is 0.416. The molecule has 0 radical (unpaired) electrons. The standard InChI is InChI=1S/C31H20O/c1-2-11-21(12-3-1)31(25-16-7-4-13-22(25)23-14-5-8-17-26(23)31)27-18-10-20-29-30(27)24-15-6-9-19-28(24)32-29/h1-20H. The lowest BCUT2D eigenvalue weighted by atomic mass is 9.66. The molecule has 0 spiro atoms. The molecule has 1 aliphatic rings. The molecule has 0 aliphatic heterocycles. The average molecular weight is 409 g/mol. The van der Waals surface area contributed by atoms with E-state index in [4.69, 9.17) is 4.42 Å². The van der Waals surface area contributed by atoms with E-state index in [1.807, 2.05) is 6.07 Å². The average Bonchev–Trinajstić information content (AvgIpc) is 3.39. The van der Waals surface area contributed by atoms with Gasteiger partial charge in [0, 0.05) is 10.8 Å². The lowest BCUT2D eigenvalue weighted by Crippen LogP contribution is -2.28. The van der Waals surface area contributed by atoms with Crippen molar-refractivity contribution in [2.24, 2.45) is 0 Å². The summed E-state index contributed by atoms with van der Waals surface area (Å²) in [5, 5.41) is 2.36. The molecule has 0 atom stereocenters. The van der Waals surface area contributed by atoms with Crippen LogP contribution in [-0.2, 0) is 5.41 Å². The predicted octanol–water partition coefficient (Wildman–Crippen LogP) is 7.95. The normalized spacial score (nSPS) is 13.9. The summed E-state index contributed by atoms with van der Waals surface area (Å²) in [6.07, 6.45) is 0. The van der Waals surface area contributed by atoms with Crippen molar-refractivity contribution < 1.29 is 4.42 Å². The van der Waals surface area contributed by atoms with Crippen molar-refractivity contribution in [1.29, 1.82) is 0 Å². The quantitative estimate of drug-likeness (QED) is 0.283. The molecule has 0 amide bonds. The van der Waals surface area contributed by atoms with Gasteiger partial charge in [-0.05, 0) is 45.5 Å². The van der Waals surface area contributed by atoms with Gasteiger partial charge in [0.15, 0.2) is 0 Å². The largest absolute Gasteiger partial charge is 0.456 e. The number of rotatable bonds is 2. The number of para-hydroxylation sites is 1. The number of benzene rings is 5. The molecule has 0 bridgehead atoms. The highest BCUT2D eigenvalue weighted by atomic mass is 16.3. The fraction of sp³-hybridized carbons (Fsp3) is 0.0323. The first-order chi connectivity index (χ1) is 15.9. The molecular weight excluding hydrogens is 388 g/mol. The third kappa shape index (κ3) is 2.13. The van der Waals surface area contributed by atoms with Gasteiger partial charge in [0.1, 0.15) is 11.2 Å². The molecule has 1 heterocycles. The Balaban J connectivity index is 1.74. The molecule has 7 rings (SSSR count). The lowest BCUT2D eigenvalue weighted by Gasteiger charge is -2.34. The van der Waals surface area contributed by atoms with Crippen molar-refractivity contribution in [1.82, 2.24) is 0 Å². The van der Waals surface area contributed by atoms with Crippen LogP contribution in [0.2, 0.25) is 0 Å². The molecule has 0 fully saturated rings. The van der Waals surface area contributed by atoms with E-state index in [1.165, 1.54) is 38.8 Å². The van der Waals surface area contributed by atoms with Gasteiger partial charge in [-0.2, -0.15) is 0 Å². The first-order valence-electron chi connectivity index (χ1n) is 11.0. The molecule has 32 heavy (non-hydrogen) atoms. The fourth-order valence-electron chi connectivity index (χ4n) is 5.77. The molecule has 1 aliphatic carbocycles. The second-order valence-corrected chi connectivity index (χ2v) is 8.48. The van der Waals surface area contributed by atoms with Crippen molar-refractivity contribution in [2.45, 2.75) is 5.41 Å². The highest BCUT2D eigenvalue weighted by Gasteiger charge is 2.47. The van der Waals surface area contributed by atoms with Gasteiger partial charge in [0.25, 0.3) is 0 Å². The minimum atomic E-state index is -0.416. The Morgan fingerprint density at radius 3 is 1.75 bits per heavy atom. The topological polar surface area (TPSA) is 13.1 Å². The highest BCUT2D eigenvalue weighted by Crippen LogP contribution is 2.57. The summed E-state index contributed by atoms with van der Waals surface area (Å²) in [5.41, 5.74) is 9.24. The van der Waals surface area contributed by atoms with Gasteiger partial charge < -0.3 is 4.42 Å².